The van der Waals surface area contributed by atoms with Gasteiger partial charge in [-0.15, -0.1) is 0 Å². The maximum absolute atomic E-state index is 12.6. The monoisotopic (exact) mass is 392 g/mol. The molecule has 28 heavy (non-hydrogen) atoms. The van der Waals surface area contributed by atoms with Gasteiger partial charge in [-0.05, 0) is 45.7 Å². The lowest BCUT2D eigenvalue weighted by Gasteiger charge is -2.28. The molecule has 0 saturated carbocycles. The Bertz CT molecular complexity index is 768. The summed E-state index contributed by atoms with van der Waals surface area (Å²) in [5, 5.41) is 10.2. The fourth-order valence-electron chi connectivity index (χ4n) is 2.83. The number of carbonyl (C=O) groups is 3. The first-order chi connectivity index (χ1) is 13.0. The molecule has 0 radical (unpaired) electrons. The van der Waals surface area contributed by atoms with Crippen LogP contribution >= 0.6 is 0 Å². The minimum absolute atomic E-state index is 0.00728. The largest absolute Gasteiger partial charge is 0.535 e. The predicted octanol–water partition coefficient (Wildman–Crippen LogP) is 2.16. The second kappa shape index (κ2) is 8.64. The van der Waals surface area contributed by atoms with Gasteiger partial charge in [-0.2, -0.15) is 0 Å². The highest BCUT2D eigenvalue weighted by atomic mass is 16.7. The third-order valence-electron chi connectivity index (χ3n) is 4.29. The number of esters is 2. The standard InChI is InChI=1S/C19H25BO8/c1-11(21)8-13-9-12-6-7-14(25-5)15(16(12)28-20(13)24)17(22)26-10-27-18(23)19(2,3)4/h6-7,13,24H,8-10H2,1-5H3/t13-/m0/s1. The number of hydrogen-bond donors (Lipinski definition) is 1. The first-order valence-corrected chi connectivity index (χ1v) is 8.93. The third-order valence-corrected chi connectivity index (χ3v) is 4.29. The summed E-state index contributed by atoms with van der Waals surface area (Å²) in [4.78, 5) is 35.8. The first kappa shape index (κ1) is 21.8. The van der Waals surface area contributed by atoms with Crippen LogP contribution in [-0.4, -0.2) is 43.8 Å². The summed E-state index contributed by atoms with van der Waals surface area (Å²) >= 11 is 0. The molecule has 1 atom stereocenters. The van der Waals surface area contributed by atoms with Crippen LogP contribution in [0.3, 0.4) is 0 Å². The highest BCUT2D eigenvalue weighted by Crippen LogP contribution is 2.40. The van der Waals surface area contributed by atoms with E-state index >= 15 is 0 Å². The molecule has 8 nitrogen and oxygen atoms in total. The fraction of sp³-hybridized carbons (Fsp3) is 0.526. The number of fused-ring (bicyclic) bond motifs is 1. The number of methoxy groups -OCH3 is 1. The van der Waals surface area contributed by atoms with Crippen molar-refractivity contribution in [2.45, 2.75) is 46.4 Å². The summed E-state index contributed by atoms with van der Waals surface area (Å²) in [5.41, 5.74) is -0.0855. The molecule has 0 saturated heterocycles. The topological polar surface area (TPSA) is 108 Å². The van der Waals surface area contributed by atoms with Gasteiger partial charge in [-0.3, -0.25) is 4.79 Å². The highest BCUT2D eigenvalue weighted by molar-refractivity contribution is 6.47. The molecule has 152 valence electrons. The van der Waals surface area contributed by atoms with Gasteiger partial charge < -0.3 is 28.7 Å². The number of carbonyl (C=O) groups excluding carboxylic acids is 3. The van der Waals surface area contributed by atoms with E-state index in [1.165, 1.54) is 14.0 Å². The van der Waals surface area contributed by atoms with Crippen LogP contribution in [0.25, 0.3) is 0 Å². The van der Waals surface area contributed by atoms with Gasteiger partial charge >= 0.3 is 19.1 Å². The van der Waals surface area contributed by atoms with Crippen molar-refractivity contribution in [1.82, 2.24) is 0 Å². The maximum atomic E-state index is 12.6. The molecule has 0 amide bonds. The highest BCUT2D eigenvalue weighted by Gasteiger charge is 2.38. The molecule has 9 heteroatoms. The van der Waals surface area contributed by atoms with Crippen LogP contribution in [0.15, 0.2) is 12.1 Å². The van der Waals surface area contributed by atoms with E-state index in [1.807, 2.05) is 0 Å². The molecule has 1 aromatic carbocycles. The summed E-state index contributed by atoms with van der Waals surface area (Å²) in [6.07, 6.45) is 0.522. The van der Waals surface area contributed by atoms with Crippen molar-refractivity contribution in [2.24, 2.45) is 5.41 Å². The van der Waals surface area contributed by atoms with Crippen LogP contribution in [0.1, 0.15) is 50.0 Å². The average Bonchev–Trinajstić information content (AvgIpc) is 2.60. The Hall–Kier alpha value is -2.55. The minimum Gasteiger partial charge on any atom is -0.535 e. The molecule has 1 aliphatic rings. The fourth-order valence-corrected chi connectivity index (χ4v) is 2.83. The lowest BCUT2D eigenvalue weighted by atomic mass is 9.64. The third kappa shape index (κ3) is 5.04. The zero-order valence-electron chi connectivity index (χ0n) is 16.7. The van der Waals surface area contributed by atoms with Gasteiger partial charge in [0, 0.05) is 12.2 Å². The van der Waals surface area contributed by atoms with E-state index in [0.29, 0.717) is 12.0 Å². The Labute approximate surface area is 164 Å². The molecule has 0 fully saturated rings. The van der Waals surface area contributed by atoms with Crippen LogP contribution in [0.4, 0.5) is 0 Å². The van der Waals surface area contributed by atoms with Crippen LogP contribution in [0.5, 0.6) is 11.5 Å². The Morgan fingerprint density at radius 1 is 1.25 bits per heavy atom. The molecule has 0 aliphatic carbocycles. The summed E-state index contributed by atoms with van der Waals surface area (Å²) in [5.74, 6) is -1.46. The van der Waals surface area contributed by atoms with Crippen LogP contribution in [0, 0.1) is 5.41 Å². The molecule has 1 aromatic rings. The quantitative estimate of drug-likeness (QED) is 0.446. The van der Waals surface area contributed by atoms with E-state index in [2.05, 4.69) is 0 Å². The van der Waals surface area contributed by atoms with Gasteiger partial charge in [0.1, 0.15) is 22.8 Å². The molecular weight excluding hydrogens is 367 g/mol. The van der Waals surface area contributed by atoms with Crippen molar-refractivity contribution in [3.63, 3.8) is 0 Å². The minimum atomic E-state index is -1.24. The summed E-state index contributed by atoms with van der Waals surface area (Å²) < 4.78 is 20.8. The number of ketones is 1. The number of rotatable bonds is 6. The summed E-state index contributed by atoms with van der Waals surface area (Å²) in [6, 6.07) is 3.30. The molecular formula is C19H25BO8. The van der Waals surface area contributed by atoms with Crippen LogP contribution in [0.2, 0.25) is 5.82 Å². The molecule has 0 bridgehead atoms. The Morgan fingerprint density at radius 2 is 1.93 bits per heavy atom. The first-order valence-electron chi connectivity index (χ1n) is 8.93. The van der Waals surface area contributed by atoms with Gasteiger partial charge in [0.25, 0.3) is 0 Å². The average molecular weight is 392 g/mol. The summed E-state index contributed by atoms with van der Waals surface area (Å²) in [6.45, 7) is 5.93. The molecule has 0 unspecified atom stereocenters. The Balaban J connectivity index is 2.21. The van der Waals surface area contributed by atoms with E-state index < -0.39 is 37.1 Å². The lowest BCUT2D eigenvalue weighted by Crippen LogP contribution is -2.35. The van der Waals surface area contributed by atoms with E-state index in [-0.39, 0.29) is 29.3 Å². The summed E-state index contributed by atoms with van der Waals surface area (Å²) in [7, 11) is 0.143. The van der Waals surface area contributed by atoms with E-state index in [1.54, 1.807) is 32.9 Å². The molecule has 1 N–H and O–H groups in total. The van der Waals surface area contributed by atoms with Gasteiger partial charge in [0.15, 0.2) is 0 Å². The Kier molecular flexibility index (Phi) is 6.71. The lowest BCUT2D eigenvalue weighted by molar-refractivity contribution is -0.161. The maximum Gasteiger partial charge on any atom is 0.526 e. The molecule has 1 aliphatic heterocycles. The van der Waals surface area contributed by atoms with Crippen molar-refractivity contribution < 1.29 is 38.3 Å². The molecule has 2 rings (SSSR count). The van der Waals surface area contributed by atoms with Crippen molar-refractivity contribution in [3.8, 4) is 11.5 Å². The smallest absolute Gasteiger partial charge is 0.526 e. The number of benzene rings is 1. The molecule has 0 spiro atoms. The second-order valence-corrected chi connectivity index (χ2v) is 7.74. The zero-order chi connectivity index (χ0) is 21.1. The van der Waals surface area contributed by atoms with Gasteiger partial charge in [0.2, 0.25) is 6.79 Å². The van der Waals surface area contributed by atoms with E-state index in [9.17, 15) is 19.4 Å². The predicted molar refractivity (Wildman–Crippen MR) is 100 cm³/mol. The van der Waals surface area contributed by atoms with E-state index in [0.717, 1.165) is 0 Å². The second-order valence-electron chi connectivity index (χ2n) is 7.74. The molecule has 0 aromatic heterocycles. The number of ether oxygens (including phenoxy) is 3. The van der Waals surface area contributed by atoms with Crippen molar-refractivity contribution in [3.05, 3.63) is 23.3 Å². The van der Waals surface area contributed by atoms with Crippen LogP contribution < -0.4 is 9.39 Å². The van der Waals surface area contributed by atoms with Crippen molar-refractivity contribution in [1.29, 1.82) is 0 Å². The van der Waals surface area contributed by atoms with Gasteiger partial charge in [-0.1, -0.05) is 6.07 Å². The van der Waals surface area contributed by atoms with Crippen molar-refractivity contribution in [2.75, 3.05) is 13.9 Å². The zero-order valence-corrected chi connectivity index (χ0v) is 16.7. The number of hydrogen-bond acceptors (Lipinski definition) is 8. The normalized spacial score (nSPS) is 15.9. The van der Waals surface area contributed by atoms with Crippen LogP contribution in [-0.2, 0) is 25.5 Å². The van der Waals surface area contributed by atoms with Gasteiger partial charge in [0.05, 0.1) is 12.5 Å². The Morgan fingerprint density at radius 3 is 2.50 bits per heavy atom. The van der Waals surface area contributed by atoms with Gasteiger partial charge in [-0.25, -0.2) is 4.79 Å². The SMILES string of the molecule is COc1ccc2c(c1C(=O)OCOC(=O)C(C)(C)C)OB(O)[C@@H](CC(C)=O)C2. The molecule has 1 heterocycles. The van der Waals surface area contributed by atoms with Crippen molar-refractivity contribution >= 4 is 24.8 Å². The number of Topliss-reactive ketones (excluding diaryl/α,β-unsaturated/α-hetero) is 1. The van der Waals surface area contributed by atoms with E-state index in [4.69, 9.17) is 18.9 Å².